The molecular weight excluding hydrogens is 288 g/mol. The van der Waals surface area contributed by atoms with Gasteiger partial charge in [-0.3, -0.25) is 4.90 Å². The second-order valence-corrected chi connectivity index (χ2v) is 7.24. The lowest BCUT2D eigenvalue weighted by Gasteiger charge is -2.32. The Kier molecular flexibility index (Phi) is 5.55. The Balaban J connectivity index is 2.18. The standard InChI is InChI=1S/C19H30N2O2/c1-6-15(7-2)20-16-10-11-17-14(13-16)9-8-12-21(17)18(22)23-19(3,4)5/h10-11,13,15,20H,6-9,12H2,1-5H3. The largest absolute Gasteiger partial charge is 0.443 e. The molecule has 1 aromatic carbocycles. The lowest BCUT2D eigenvalue weighted by atomic mass is 10.0. The zero-order valence-corrected chi connectivity index (χ0v) is 15.1. The van der Waals surface area contributed by atoms with Gasteiger partial charge in [0, 0.05) is 18.3 Å². The second-order valence-electron chi connectivity index (χ2n) is 7.24. The van der Waals surface area contributed by atoms with Crippen molar-refractivity contribution < 1.29 is 9.53 Å². The summed E-state index contributed by atoms with van der Waals surface area (Å²) in [5.41, 5.74) is 2.88. The van der Waals surface area contributed by atoms with E-state index in [-0.39, 0.29) is 6.09 Å². The van der Waals surface area contributed by atoms with Crippen molar-refractivity contribution in [2.75, 3.05) is 16.8 Å². The average Bonchev–Trinajstić information content (AvgIpc) is 2.50. The molecule has 0 unspecified atom stereocenters. The summed E-state index contributed by atoms with van der Waals surface area (Å²) in [6.45, 7) is 10.8. The van der Waals surface area contributed by atoms with Gasteiger partial charge in [0.15, 0.2) is 0 Å². The van der Waals surface area contributed by atoms with E-state index < -0.39 is 5.60 Å². The maximum Gasteiger partial charge on any atom is 0.414 e. The van der Waals surface area contributed by atoms with E-state index in [0.717, 1.165) is 43.6 Å². The molecule has 1 aliphatic heterocycles. The molecule has 0 fully saturated rings. The number of nitrogens with one attached hydrogen (secondary N) is 1. The average molecular weight is 318 g/mol. The van der Waals surface area contributed by atoms with Crippen LogP contribution in [0.25, 0.3) is 0 Å². The van der Waals surface area contributed by atoms with Crippen molar-refractivity contribution in [1.82, 2.24) is 0 Å². The molecule has 0 aromatic heterocycles. The summed E-state index contributed by atoms with van der Waals surface area (Å²) in [4.78, 5) is 14.2. The minimum Gasteiger partial charge on any atom is -0.443 e. The van der Waals surface area contributed by atoms with Crippen LogP contribution in [0.4, 0.5) is 16.2 Å². The van der Waals surface area contributed by atoms with Gasteiger partial charge < -0.3 is 10.1 Å². The molecular formula is C19H30N2O2. The number of fused-ring (bicyclic) bond motifs is 1. The molecule has 1 heterocycles. The van der Waals surface area contributed by atoms with E-state index in [9.17, 15) is 4.79 Å². The monoisotopic (exact) mass is 318 g/mol. The van der Waals surface area contributed by atoms with Crippen LogP contribution in [0.1, 0.15) is 59.4 Å². The Morgan fingerprint density at radius 1 is 1.30 bits per heavy atom. The van der Waals surface area contributed by atoms with Gasteiger partial charge in [-0.05, 0) is 70.2 Å². The Morgan fingerprint density at radius 2 is 2.00 bits per heavy atom. The Labute approximate surface area is 140 Å². The molecule has 2 rings (SSSR count). The van der Waals surface area contributed by atoms with Crippen LogP contribution in [0, 0.1) is 0 Å². The molecule has 0 spiro atoms. The molecule has 128 valence electrons. The van der Waals surface area contributed by atoms with Crippen LogP contribution < -0.4 is 10.2 Å². The van der Waals surface area contributed by atoms with Crippen LogP contribution in [0.2, 0.25) is 0 Å². The third kappa shape index (κ3) is 4.63. The number of nitrogens with zero attached hydrogens (tertiary/aromatic N) is 1. The summed E-state index contributed by atoms with van der Waals surface area (Å²) in [7, 11) is 0. The van der Waals surface area contributed by atoms with Crippen LogP contribution in [0.3, 0.4) is 0 Å². The summed E-state index contributed by atoms with van der Waals surface area (Å²) in [6, 6.07) is 6.80. The van der Waals surface area contributed by atoms with E-state index in [0.29, 0.717) is 6.04 Å². The van der Waals surface area contributed by atoms with E-state index in [1.807, 2.05) is 26.8 Å². The van der Waals surface area contributed by atoms with Gasteiger partial charge in [-0.15, -0.1) is 0 Å². The van der Waals surface area contributed by atoms with E-state index in [4.69, 9.17) is 4.74 Å². The molecule has 1 N–H and O–H groups in total. The molecule has 0 radical (unpaired) electrons. The highest BCUT2D eigenvalue weighted by atomic mass is 16.6. The zero-order chi connectivity index (χ0) is 17.0. The van der Waals surface area contributed by atoms with Crippen LogP contribution in [0.15, 0.2) is 18.2 Å². The van der Waals surface area contributed by atoms with Crippen molar-refractivity contribution >= 4 is 17.5 Å². The number of amides is 1. The smallest absolute Gasteiger partial charge is 0.414 e. The van der Waals surface area contributed by atoms with Crippen molar-refractivity contribution in [3.8, 4) is 0 Å². The fourth-order valence-electron chi connectivity index (χ4n) is 2.92. The predicted molar refractivity (Wildman–Crippen MR) is 96.3 cm³/mol. The van der Waals surface area contributed by atoms with Crippen LogP contribution in [-0.2, 0) is 11.2 Å². The van der Waals surface area contributed by atoms with Crippen molar-refractivity contribution in [2.24, 2.45) is 0 Å². The summed E-state index contributed by atoms with van der Waals surface area (Å²) in [6.07, 6.45) is 3.95. The lowest BCUT2D eigenvalue weighted by Crippen LogP contribution is -2.39. The first-order valence-electron chi connectivity index (χ1n) is 8.74. The molecule has 1 aromatic rings. The van der Waals surface area contributed by atoms with Gasteiger partial charge in [0.25, 0.3) is 0 Å². The van der Waals surface area contributed by atoms with E-state index in [1.54, 1.807) is 4.90 Å². The first-order chi connectivity index (χ1) is 10.8. The highest BCUT2D eigenvalue weighted by Gasteiger charge is 2.27. The van der Waals surface area contributed by atoms with Crippen LogP contribution in [0.5, 0.6) is 0 Å². The Bertz CT molecular complexity index is 545. The maximum atomic E-state index is 12.4. The maximum absolute atomic E-state index is 12.4. The Hall–Kier alpha value is -1.71. The van der Waals surface area contributed by atoms with Gasteiger partial charge in [0.05, 0.1) is 5.69 Å². The minimum atomic E-state index is -0.467. The fraction of sp³-hybridized carbons (Fsp3) is 0.632. The summed E-state index contributed by atoms with van der Waals surface area (Å²) >= 11 is 0. The van der Waals surface area contributed by atoms with Crippen molar-refractivity contribution in [3.05, 3.63) is 23.8 Å². The molecule has 0 saturated heterocycles. The molecule has 1 amide bonds. The number of carbonyl (C=O) groups is 1. The molecule has 0 atom stereocenters. The SMILES string of the molecule is CCC(CC)Nc1ccc2c(c1)CCCN2C(=O)OC(C)(C)C. The van der Waals surface area contributed by atoms with Gasteiger partial charge in [0.2, 0.25) is 0 Å². The van der Waals surface area contributed by atoms with Crippen molar-refractivity contribution in [2.45, 2.75) is 71.9 Å². The van der Waals surface area contributed by atoms with Crippen LogP contribution in [-0.4, -0.2) is 24.3 Å². The first-order valence-corrected chi connectivity index (χ1v) is 8.74. The van der Waals surface area contributed by atoms with Crippen LogP contribution >= 0.6 is 0 Å². The first kappa shape index (κ1) is 17.6. The molecule has 23 heavy (non-hydrogen) atoms. The van der Waals surface area contributed by atoms with Gasteiger partial charge in [0.1, 0.15) is 5.60 Å². The van der Waals surface area contributed by atoms with Gasteiger partial charge >= 0.3 is 6.09 Å². The number of aryl methyl sites for hydroxylation is 1. The normalized spacial score (nSPS) is 14.6. The number of ether oxygens (including phenoxy) is 1. The molecule has 4 nitrogen and oxygen atoms in total. The van der Waals surface area contributed by atoms with Gasteiger partial charge in [-0.1, -0.05) is 13.8 Å². The van der Waals surface area contributed by atoms with E-state index in [2.05, 4.69) is 31.3 Å². The van der Waals surface area contributed by atoms with E-state index in [1.165, 1.54) is 5.56 Å². The molecule has 0 aliphatic carbocycles. The fourth-order valence-corrected chi connectivity index (χ4v) is 2.92. The minimum absolute atomic E-state index is 0.251. The third-order valence-electron chi connectivity index (χ3n) is 4.17. The lowest BCUT2D eigenvalue weighted by molar-refractivity contribution is 0.0578. The number of anilines is 2. The number of benzene rings is 1. The van der Waals surface area contributed by atoms with Crippen molar-refractivity contribution in [3.63, 3.8) is 0 Å². The third-order valence-corrected chi connectivity index (χ3v) is 4.17. The quantitative estimate of drug-likeness (QED) is 0.851. The Morgan fingerprint density at radius 3 is 2.61 bits per heavy atom. The molecule has 4 heteroatoms. The highest BCUT2D eigenvalue weighted by molar-refractivity contribution is 5.90. The van der Waals surface area contributed by atoms with Gasteiger partial charge in [-0.25, -0.2) is 4.79 Å². The number of hydrogen-bond acceptors (Lipinski definition) is 3. The van der Waals surface area contributed by atoms with E-state index >= 15 is 0 Å². The summed E-state index contributed by atoms with van der Waals surface area (Å²) in [5.74, 6) is 0. The number of hydrogen-bond donors (Lipinski definition) is 1. The molecule has 0 bridgehead atoms. The van der Waals surface area contributed by atoms with Gasteiger partial charge in [-0.2, -0.15) is 0 Å². The molecule has 0 saturated carbocycles. The second kappa shape index (κ2) is 7.24. The zero-order valence-electron chi connectivity index (χ0n) is 15.1. The topological polar surface area (TPSA) is 41.6 Å². The highest BCUT2D eigenvalue weighted by Crippen LogP contribution is 2.31. The molecule has 1 aliphatic rings. The number of carbonyl (C=O) groups excluding carboxylic acids is 1. The van der Waals surface area contributed by atoms with Crippen molar-refractivity contribution in [1.29, 1.82) is 0 Å². The summed E-state index contributed by atoms with van der Waals surface area (Å²) in [5, 5.41) is 3.58. The summed E-state index contributed by atoms with van der Waals surface area (Å²) < 4.78 is 5.53. The predicted octanol–water partition coefficient (Wildman–Crippen LogP) is 4.97. The number of rotatable bonds is 4.